The Hall–Kier alpha value is -3.40. The Morgan fingerprint density at radius 3 is 2.38 bits per heavy atom. The van der Waals surface area contributed by atoms with E-state index < -0.39 is 5.97 Å². The van der Waals surface area contributed by atoms with Crippen LogP contribution in [-0.2, 0) is 21.5 Å². The molecule has 1 N–H and O–H groups in total. The van der Waals surface area contributed by atoms with Crippen LogP contribution in [0, 0.1) is 0 Å². The molecule has 0 fully saturated rings. The van der Waals surface area contributed by atoms with Crippen molar-refractivity contribution in [3.05, 3.63) is 82.7 Å². The fraction of sp³-hybridized carbons (Fsp3) is 0.241. The fourth-order valence-electron chi connectivity index (χ4n) is 3.91. The monoisotopic (exact) mass is 580 g/mol. The third-order valence-corrected chi connectivity index (χ3v) is 8.07. The smallest absolute Gasteiger partial charge is 0.341 e. The maximum Gasteiger partial charge on any atom is 0.341 e. The molecular weight excluding hydrogens is 552 g/mol. The summed E-state index contributed by atoms with van der Waals surface area (Å²) in [6.45, 7) is 10.9. The summed E-state index contributed by atoms with van der Waals surface area (Å²) in [5.41, 5.74) is 3.98. The maximum atomic E-state index is 12.9. The van der Waals surface area contributed by atoms with Gasteiger partial charge >= 0.3 is 5.97 Å². The Labute approximate surface area is 241 Å². The van der Waals surface area contributed by atoms with Gasteiger partial charge in [-0.1, -0.05) is 86.6 Å². The Morgan fingerprint density at radius 1 is 1.10 bits per heavy atom. The summed E-state index contributed by atoms with van der Waals surface area (Å²) in [5, 5.41) is 15.0. The molecule has 10 heteroatoms. The Balaban J connectivity index is 1.51. The molecule has 0 atom stereocenters. The highest BCUT2D eigenvalue weighted by Gasteiger charge is 2.23. The van der Waals surface area contributed by atoms with Crippen LogP contribution in [0.5, 0.6) is 0 Å². The van der Waals surface area contributed by atoms with E-state index in [0.717, 1.165) is 11.1 Å². The zero-order chi connectivity index (χ0) is 28.2. The minimum Gasteiger partial charge on any atom is -0.465 e. The summed E-state index contributed by atoms with van der Waals surface area (Å²) in [6, 6.07) is 15.4. The Kier molecular flexibility index (Phi) is 8.94. The first-order chi connectivity index (χ1) is 18.6. The normalized spacial score (nSPS) is 11.3. The van der Waals surface area contributed by atoms with Gasteiger partial charge in [-0.25, -0.2) is 4.79 Å². The number of nitrogens with one attached hydrogen (secondary N) is 1. The summed E-state index contributed by atoms with van der Waals surface area (Å²) in [4.78, 5) is 25.6. The van der Waals surface area contributed by atoms with Gasteiger partial charge < -0.3 is 10.1 Å². The summed E-state index contributed by atoms with van der Waals surface area (Å²) < 4.78 is 6.93. The first-order valence-corrected chi connectivity index (χ1v) is 14.4. The van der Waals surface area contributed by atoms with Crippen molar-refractivity contribution < 1.29 is 14.3 Å². The molecule has 0 bridgehead atoms. The molecule has 0 unspecified atom stereocenters. The number of carbonyl (C=O) groups is 2. The molecule has 2 heterocycles. The van der Waals surface area contributed by atoms with Crippen molar-refractivity contribution in [3.8, 4) is 22.5 Å². The van der Waals surface area contributed by atoms with Crippen LogP contribution in [0.2, 0.25) is 5.02 Å². The minimum atomic E-state index is -0.531. The number of anilines is 1. The van der Waals surface area contributed by atoms with E-state index in [2.05, 4.69) is 55.0 Å². The average molecular weight is 581 g/mol. The lowest BCUT2D eigenvalue weighted by molar-refractivity contribution is -0.113. The molecular formula is C29H29ClN4O3S2. The maximum absolute atomic E-state index is 12.9. The molecule has 4 aromatic rings. The predicted molar refractivity (Wildman–Crippen MR) is 160 cm³/mol. The van der Waals surface area contributed by atoms with Gasteiger partial charge in [-0.05, 0) is 28.7 Å². The number of benzene rings is 2. The number of nitrogens with zero attached hydrogens (tertiary/aromatic N) is 3. The van der Waals surface area contributed by atoms with Crippen molar-refractivity contribution in [1.82, 2.24) is 14.8 Å². The van der Waals surface area contributed by atoms with Gasteiger partial charge in [0.25, 0.3) is 0 Å². The third kappa shape index (κ3) is 6.61. The van der Waals surface area contributed by atoms with Crippen molar-refractivity contribution >= 4 is 51.6 Å². The second-order valence-electron chi connectivity index (χ2n) is 9.72. The van der Waals surface area contributed by atoms with Gasteiger partial charge in [0, 0.05) is 28.1 Å². The zero-order valence-electron chi connectivity index (χ0n) is 22.2. The highest BCUT2D eigenvalue weighted by atomic mass is 35.5. The van der Waals surface area contributed by atoms with Gasteiger partial charge in [0.1, 0.15) is 10.6 Å². The van der Waals surface area contributed by atoms with E-state index in [0.29, 0.717) is 38.7 Å². The molecule has 0 aliphatic rings. The van der Waals surface area contributed by atoms with Crippen LogP contribution in [0.15, 0.2) is 71.7 Å². The van der Waals surface area contributed by atoms with Crippen molar-refractivity contribution in [2.45, 2.75) is 37.9 Å². The topological polar surface area (TPSA) is 86.1 Å². The van der Waals surface area contributed by atoms with Crippen LogP contribution in [0.1, 0.15) is 36.7 Å². The number of methoxy groups -OCH3 is 1. The highest BCUT2D eigenvalue weighted by Crippen LogP contribution is 2.37. The van der Waals surface area contributed by atoms with Crippen molar-refractivity contribution in [3.63, 3.8) is 0 Å². The molecule has 0 aliphatic carbocycles. The van der Waals surface area contributed by atoms with Gasteiger partial charge in [0.15, 0.2) is 11.0 Å². The molecule has 0 saturated carbocycles. The van der Waals surface area contributed by atoms with E-state index >= 15 is 0 Å². The van der Waals surface area contributed by atoms with Gasteiger partial charge in [-0.15, -0.1) is 28.1 Å². The zero-order valence-corrected chi connectivity index (χ0v) is 24.5. The summed E-state index contributed by atoms with van der Waals surface area (Å²) in [5.74, 6) is -0.0273. The number of rotatable bonds is 9. The van der Waals surface area contributed by atoms with Crippen molar-refractivity contribution in [2.24, 2.45) is 0 Å². The molecule has 7 nitrogen and oxygen atoms in total. The molecule has 0 spiro atoms. The van der Waals surface area contributed by atoms with Crippen LogP contribution < -0.4 is 5.32 Å². The SMILES string of the molecule is C=CCn1c(SCC(=O)Nc2scc(-c3ccc(Cl)cc3)c2C(=O)OC)nnc1-c1ccc(C(C)(C)C)cc1. The predicted octanol–water partition coefficient (Wildman–Crippen LogP) is 7.33. The van der Waals surface area contributed by atoms with E-state index in [-0.39, 0.29) is 17.1 Å². The number of thiophene rings is 1. The number of ether oxygens (including phenoxy) is 1. The summed E-state index contributed by atoms with van der Waals surface area (Å²) in [6.07, 6.45) is 1.77. The van der Waals surface area contributed by atoms with Crippen LogP contribution >= 0.6 is 34.7 Å². The Bertz CT molecular complexity index is 1490. The van der Waals surface area contributed by atoms with E-state index in [1.807, 2.05) is 34.2 Å². The molecule has 202 valence electrons. The highest BCUT2D eigenvalue weighted by molar-refractivity contribution is 7.99. The standard InChI is InChI=1S/C29H29ClN4O3S2/c1-6-15-34-25(19-7-11-20(12-8-19)29(2,3)4)32-33-28(34)39-17-23(35)31-26-24(27(36)37-5)22(16-38-26)18-9-13-21(30)14-10-18/h6-14,16H,1,15,17H2,2-5H3,(H,31,35). The number of aromatic nitrogens is 3. The lowest BCUT2D eigenvalue weighted by atomic mass is 9.87. The van der Waals surface area contributed by atoms with Gasteiger partial charge in [0.2, 0.25) is 5.91 Å². The van der Waals surface area contributed by atoms with E-state index in [9.17, 15) is 9.59 Å². The van der Waals surface area contributed by atoms with Crippen LogP contribution in [-0.4, -0.2) is 39.5 Å². The third-order valence-electron chi connectivity index (χ3n) is 5.96. The number of esters is 1. The van der Waals surface area contributed by atoms with Gasteiger partial charge in [0.05, 0.1) is 12.9 Å². The molecule has 0 aliphatic heterocycles. The summed E-state index contributed by atoms with van der Waals surface area (Å²) in [7, 11) is 1.31. The molecule has 2 aromatic carbocycles. The lowest BCUT2D eigenvalue weighted by Gasteiger charge is -2.19. The van der Waals surface area contributed by atoms with Gasteiger partial charge in [-0.2, -0.15) is 0 Å². The molecule has 0 saturated heterocycles. The molecule has 2 aromatic heterocycles. The molecule has 39 heavy (non-hydrogen) atoms. The number of amides is 1. The lowest BCUT2D eigenvalue weighted by Crippen LogP contribution is -2.16. The second kappa shape index (κ2) is 12.2. The number of carbonyl (C=O) groups excluding carboxylic acids is 2. The molecule has 1 amide bonds. The van der Waals surface area contributed by atoms with Crippen LogP contribution in [0.3, 0.4) is 0 Å². The quantitative estimate of drug-likeness (QED) is 0.127. The van der Waals surface area contributed by atoms with Gasteiger partial charge in [-0.3, -0.25) is 9.36 Å². The number of hydrogen-bond donors (Lipinski definition) is 1. The van der Waals surface area contributed by atoms with Crippen LogP contribution in [0.25, 0.3) is 22.5 Å². The van der Waals surface area contributed by atoms with Crippen molar-refractivity contribution in [1.29, 1.82) is 0 Å². The average Bonchev–Trinajstić information content (AvgIpc) is 3.51. The minimum absolute atomic E-state index is 0.0492. The molecule has 4 rings (SSSR count). The van der Waals surface area contributed by atoms with Crippen LogP contribution in [0.4, 0.5) is 5.00 Å². The summed E-state index contributed by atoms with van der Waals surface area (Å²) >= 11 is 8.54. The van der Waals surface area contributed by atoms with Crippen molar-refractivity contribution in [2.75, 3.05) is 18.2 Å². The first kappa shape index (κ1) is 28.6. The number of hydrogen-bond acceptors (Lipinski definition) is 7. The number of thioether (sulfide) groups is 1. The number of halogens is 1. The fourth-order valence-corrected chi connectivity index (χ4v) is 5.76. The second-order valence-corrected chi connectivity index (χ2v) is 12.0. The Morgan fingerprint density at radius 2 is 1.77 bits per heavy atom. The largest absolute Gasteiger partial charge is 0.465 e. The number of allylic oxidation sites excluding steroid dienone is 1. The van der Waals surface area contributed by atoms with E-state index in [1.54, 1.807) is 18.2 Å². The van der Waals surface area contributed by atoms with E-state index in [1.165, 1.54) is 35.8 Å². The molecule has 0 radical (unpaired) electrons. The van der Waals surface area contributed by atoms with E-state index in [4.69, 9.17) is 16.3 Å². The first-order valence-electron chi connectivity index (χ1n) is 12.2.